The van der Waals surface area contributed by atoms with Crippen LogP contribution in [0.5, 0.6) is 0 Å². The molecule has 34 heavy (non-hydrogen) atoms. The smallest absolute Gasteiger partial charge is 0.157 e. The van der Waals surface area contributed by atoms with Gasteiger partial charge in [0.2, 0.25) is 0 Å². The van der Waals surface area contributed by atoms with Crippen molar-refractivity contribution in [2.24, 2.45) is 0 Å². The largest absolute Gasteiger partial charge is 0.244 e. The van der Waals surface area contributed by atoms with E-state index in [1.807, 2.05) is 18.2 Å². The van der Waals surface area contributed by atoms with Crippen LogP contribution in [-0.2, 0) is 0 Å². The Morgan fingerprint density at radius 2 is 1.68 bits per heavy atom. The second-order valence-corrected chi connectivity index (χ2v) is 8.15. The number of hydrogen-bond donors (Lipinski definition) is 0. The molecule has 3 aromatic rings. The molecule has 1 heterocycles. The zero-order valence-electron chi connectivity index (χ0n) is 18.1. The molecule has 0 amide bonds. The third kappa shape index (κ3) is 3.56. The minimum absolute atomic E-state index is 0.0194. The second-order valence-electron chi connectivity index (χ2n) is 8.15. The minimum Gasteiger partial charge on any atom is -0.244 e. The highest BCUT2D eigenvalue weighted by Gasteiger charge is 2.39. The molecular weight excluding hydrogens is 444 g/mol. The Morgan fingerprint density at radius 3 is 2.29 bits per heavy atom. The first-order valence-electron chi connectivity index (χ1n) is 10.3. The zero-order valence-corrected chi connectivity index (χ0v) is 18.1. The number of benzene rings is 2. The van der Waals surface area contributed by atoms with E-state index in [0.29, 0.717) is 16.8 Å². The van der Waals surface area contributed by atoms with Crippen LogP contribution in [0.25, 0.3) is 11.1 Å². The first-order chi connectivity index (χ1) is 16.2. The van der Waals surface area contributed by atoms with E-state index in [9.17, 15) is 23.7 Å². The molecule has 4 nitrogen and oxygen atoms in total. The lowest BCUT2D eigenvalue weighted by Gasteiger charge is -2.33. The van der Waals surface area contributed by atoms with Crippen molar-refractivity contribution in [2.45, 2.75) is 38.5 Å². The predicted octanol–water partition coefficient (Wildman–Crippen LogP) is 6.14. The van der Waals surface area contributed by atoms with Crippen LogP contribution >= 0.6 is 0 Å². The van der Waals surface area contributed by atoms with Gasteiger partial charge in [0.25, 0.3) is 0 Å². The Morgan fingerprint density at radius 1 is 0.941 bits per heavy atom. The number of alkyl halides is 2. The summed E-state index contributed by atoms with van der Waals surface area (Å²) < 4.78 is 58.9. The van der Waals surface area contributed by atoms with Gasteiger partial charge in [-0.2, -0.15) is 15.8 Å². The number of nitrogens with zero attached hydrogens (tertiary/aromatic N) is 4. The summed E-state index contributed by atoms with van der Waals surface area (Å²) in [6, 6.07) is 11.6. The third-order valence-electron chi connectivity index (χ3n) is 6.26. The Labute approximate surface area is 193 Å². The standard InChI is InChI=1S/C26H16F4N4/c1-12-18(19-8-23(29)26(30)20-6-15(27)5-14(9-31)24(19)20)7-22(28)25(21(12)11-33)17-4-3-16(10-32)34-13(17)2/h3-7,19,23,26H,8H2,1-2H3/t19-,23+,26-/m1/s1. The van der Waals surface area contributed by atoms with Crippen molar-refractivity contribution >= 4 is 0 Å². The number of aromatic nitrogens is 1. The number of halogens is 4. The quantitative estimate of drug-likeness (QED) is 0.430. The summed E-state index contributed by atoms with van der Waals surface area (Å²) in [6.07, 6.45) is -4.51. The number of nitriles is 3. The molecule has 0 fully saturated rings. The Kier molecular flexibility index (Phi) is 5.82. The molecule has 0 aliphatic heterocycles. The molecule has 3 atom stereocenters. The fourth-order valence-electron chi connectivity index (χ4n) is 4.71. The van der Waals surface area contributed by atoms with Gasteiger partial charge in [-0.15, -0.1) is 0 Å². The molecule has 0 saturated heterocycles. The molecule has 1 aliphatic rings. The second kappa shape index (κ2) is 8.61. The maximum absolute atomic E-state index is 15.5. The number of pyridine rings is 1. The Bertz CT molecular complexity index is 1460. The fourth-order valence-corrected chi connectivity index (χ4v) is 4.71. The molecule has 0 bridgehead atoms. The van der Waals surface area contributed by atoms with E-state index < -0.39 is 36.3 Å². The highest BCUT2D eigenvalue weighted by Crippen LogP contribution is 2.48. The van der Waals surface area contributed by atoms with Gasteiger partial charge in [-0.1, -0.05) is 0 Å². The molecule has 1 aliphatic carbocycles. The lowest BCUT2D eigenvalue weighted by Crippen LogP contribution is -2.25. The predicted molar refractivity (Wildman–Crippen MR) is 115 cm³/mol. The van der Waals surface area contributed by atoms with E-state index in [1.165, 1.54) is 12.1 Å². The summed E-state index contributed by atoms with van der Waals surface area (Å²) in [4.78, 5) is 4.11. The van der Waals surface area contributed by atoms with Gasteiger partial charge < -0.3 is 0 Å². The summed E-state index contributed by atoms with van der Waals surface area (Å²) in [5, 5.41) is 28.5. The van der Waals surface area contributed by atoms with Crippen molar-refractivity contribution in [2.75, 3.05) is 0 Å². The van der Waals surface area contributed by atoms with Crippen molar-refractivity contribution < 1.29 is 17.6 Å². The molecule has 0 N–H and O–H groups in total. The molecule has 1 aromatic heterocycles. The number of rotatable bonds is 2. The van der Waals surface area contributed by atoms with Crippen LogP contribution < -0.4 is 0 Å². The van der Waals surface area contributed by atoms with Gasteiger partial charge in [0, 0.05) is 22.7 Å². The van der Waals surface area contributed by atoms with E-state index in [2.05, 4.69) is 4.98 Å². The summed E-state index contributed by atoms with van der Waals surface area (Å²) >= 11 is 0. The molecule has 8 heteroatoms. The Balaban J connectivity index is 1.98. The highest BCUT2D eigenvalue weighted by atomic mass is 19.2. The van der Waals surface area contributed by atoms with Crippen LogP contribution in [0.2, 0.25) is 0 Å². The van der Waals surface area contributed by atoms with Gasteiger partial charge in [-0.25, -0.2) is 22.5 Å². The number of fused-ring (bicyclic) bond motifs is 1. The fraction of sp³-hybridized carbons (Fsp3) is 0.231. The molecule has 0 saturated carbocycles. The monoisotopic (exact) mass is 460 g/mol. The molecule has 0 spiro atoms. The van der Waals surface area contributed by atoms with E-state index in [-0.39, 0.29) is 39.1 Å². The highest BCUT2D eigenvalue weighted by molar-refractivity contribution is 5.76. The molecule has 2 aromatic carbocycles. The first-order valence-corrected chi connectivity index (χ1v) is 10.3. The van der Waals surface area contributed by atoms with Gasteiger partial charge in [-0.05, 0) is 72.9 Å². The van der Waals surface area contributed by atoms with E-state index >= 15 is 4.39 Å². The van der Waals surface area contributed by atoms with Crippen LogP contribution in [0.4, 0.5) is 17.6 Å². The molecule has 0 unspecified atom stereocenters. The third-order valence-corrected chi connectivity index (χ3v) is 6.26. The first kappa shape index (κ1) is 23.0. The van der Waals surface area contributed by atoms with Crippen molar-refractivity contribution in [1.29, 1.82) is 15.8 Å². The van der Waals surface area contributed by atoms with E-state index in [0.717, 1.165) is 18.2 Å². The molecular formula is C26H16F4N4. The van der Waals surface area contributed by atoms with Gasteiger partial charge >= 0.3 is 0 Å². The van der Waals surface area contributed by atoms with Gasteiger partial charge in [0.15, 0.2) is 6.17 Å². The molecule has 168 valence electrons. The number of aryl methyl sites for hydroxylation is 1. The normalized spacial score (nSPS) is 19.0. The maximum Gasteiger partial charge on any atom is 0.157 e. The van der Waals surface area contributed by atoms with E-state index in [4.69, 9.17) is 5.26 Å². The zero-order chi connectivity index (χ0) is 24.7. The van der Waals surface area contributed by atoms with Gasteiger partial charge in [-0.3, -0.25) is 0 Å². The van der Waals surface area contributed by atoms with Crippen LogP contribution in [0.1, 0.15) is 63.3 Å². The summed E-state index contributed by atoms with van der Waals surface area (Å²) in [5.74, 6) is -2.61. The SMILES string of the molecule is Cc1nc(C#N)ccc1-c1c(F)cc([C@H]2C[C@H](F)[C@H](F)c3cc(F)cc(C#N)c32)c(C)c1C#N. The summed E-state index contributed by atoms with van der Waals surface area (Å²) in [6.45, 7) is 3.15. The van der Waals surface area contributed by atoms with Crippen molar-refractivity contribution in [3.05, 3.63) is 86.7 Å². The van der Waals surface area contributed by atoms with Gasteiger partial charge in [0.05, 0.1) is 17.2 Å². The van der Waals surface area contributed by atoms with Crippen LogP contribution in [-0.4, -0.2) is 11.2 Å². The summed E-state index contributed by atoms with van der Waals surface area (Å²) in [5.41, 5.74) is 0.957. The maximum atomic E-state index is 15.5. The summed E-state index contributed by atoms with van der Waals surface area (Å²) in [7, 11) is 0. The van der Waals surface area contributed by atoms with Crippen molar-refractivity contribution in [3.63, 3.8) is 0 Å². The van der Waals surface area contributed by atoms with E-state index in [1.54, 1.807) is 13.8 Å². The van der Waals surface area contributed by atoms with Crippen LogP contribution in [0, 0.1) is 59.5 Å². The average Bonchev–Trinajstić information content (AvgIpc) is 2.82. The number of hydrogen-bond acceptors (Lipinski definition) is 4. The van der Waals surface area contributed by atoms with Crippen LogP contribution in [0.3, 0.4) is 0 Å². The van der Waals surface area contributed by atoms with Crippen LogP contribution in [0.15, 0.2) is 30.3 Å². The topological polar surface area (TPSA) is 84.3 Å². The molecule has 0 radical (unpaired) electrons. The molecule has 4 rings (SSSR count). The van der Waals surface area contributed by atoms with Crippen molar-refractivity contribution in [1.82, 2.24) is 4.98 Å². The minimum atomic E-state index is -2.12. The lowest BCUT2D eigenvalue weighted by atomic mass is 9.73. The lowest BCUT2D eigenvalue weighted by molar-refractivity contribution is 0.141. The Hall–Kier alpha value is -4.22. The van der Waals surface area contributed by atoms with Gasteiger partial charge in [0.1, 0.15) is 35.6 Å². The average molecular weight is 460 g/mol. The van der Waals surface area contributed by atoms with Crippen molar-refractivity contribution in [3.8, 4) is 29.3 Å².